The highest BCUT2D eigenvalue weighted by Crippen LogP contribution is 2.32. The summed E-state index contributed by atoms with van der Waals surface area (Å²) < 4.78 is 5.66. The minimum Gasteiger partial charge on any atom is -0.508 e. The van der Waals surface area contributed by atoms with Crippen LogP contribution in [0.1, 0.15) is 19.4 Å². The van der Waals surface area contributed by atoms with Gasteiger partial charge < -0.3 is 9.84 Å². The predicted octanol–water partition coefficient (Wildman–Crippen LogP) is 2.35. The first-order chi connectivity index (χ1) is 6.16. The summed E-state index contributed by atoms with van der Waals surface area (Å²) >= 11 is 0. The fourth-order valence-electron chi connectivity index (χ4n) is 1.65. The molecule has 1 aliphatic heterocycles. The molecule has 1 N–H and O–H groups in total. The predicted molar refractivity (Wildman–Crippen MR) is 51.1 cm³/mol. The summed E-state index contributed by atoms with van der Waals surface area (Å²) in [5.41, 5.74) is 1.20. The number of hydrogen-bond acceptors (Lipinski definition) is 2. The minimum absolute atomic E-state index is 0.245. The molecule has 0 spiro atoms. The SMILES string of the molecule is CC1Cc2ccc(O)cc2OC1C. The molecular formula is C11H14O2. The van der Waals surface area contributed by atoms with Crippen molar-refractivity contribution in [2.45, 2.75) is 26.4 Å². The molecule has 1 aromatic rings. The van der Waals surface area contributed by atoms with Crippen LogP contribution in [0, 0.1) is 5.92 Å². The van der Waals surface area contributed by atoms with Gasteiger partial charge in [-0.1, -0.05) is 13.0 Å². The van der Waals surface area contributed by atoms with Crippen LogP contribution in [-0.4, -0.2) is 11.2 Å². The van der Waals surface area contributed by atoms with E-state index in [-0.39, 0.29) is 11.9 Å². The Kier molecular flexibility index (Phi) is 1.91. The third-order valence-corrected chi connectivity index (χ3v) is 2.71. The summed E-state index contributed by atoms with van der Waals surface area (Å²) in [7, 11) is 0. The van der Waals surface area contributed by atoms with Crippen LogP contribution >= 0.6 is 0 Å². The van der Waals surface area contributed by atoms with E-state index in [1.807, 2.05) is 6.07 Å². The molecule has 13 heavy (non-hydrogen) atoms. The van der Waals surface area contributed by atoms with Crippen LogP contribution in [0.5, 0.6) is 11.5 Å². The zero-order chi connectivity index (χ0) is 9.42. The third kappa shape index (κ3) is 1.48. The van der Waals surface area contributed by atoms with Crippen LogP contribution in [0.3, 0.4) is 0 Å². The van der Waals surface area contributed by atoms with Crippen molar-refractivity contribution in [2.75, 3.05) is 0 Å². The van der Waals surface area contributed by atoms with Gasteiger partial charge in [0.05, 0.1) is 6.10 Å². The Morgan fingerprint density at radius 1 is 1.38 bits per heavy atom. The standard InChI is InChI=1S/C11H14O2/c1-7-5-9-3-4-10(12)6-11(9)13-8(7)2/h3-4,6-8,12H,5H2,1-2H3. The molecule has 0 aliphatic carbocycles. The van der Waals surface area contributed by atoms with E-state index in [9.17, 15) is 5.11 Å². The molecule has 2 atom stereocenters. The lowest BCUT2D eigenvalue weighted by Crippen LogP contribution is -2.27. The smallest absolute Gasteiger partial charge is 0.126 e. The molecule has 2 heteroatoms. The summed E-state index contributed by atoms with van der Waals surface area (Å²) in [4.78, 5) is 0. The van der Waals surface area contributed by atoms with E-state index < -0.39 is 0 Å². The van der Waals surface area contributed by atoms with Gasteiger partial charge in [-0.2, -0.15) is 0 Å². The van der Waals surface area contributed by atoms with Gasteiger partial charge >= 0.3 is 0 Å². The van der Waals surface area contributed by atoms with Crippen molar-refractivity contribution < 1.29 is 9.84 Å². The Bertz CT molecular complexity index is 320. The number of rotatable bonds is 0. The number of hydrogen-bond donors (Lipinski definition) is 1. The van der Waals surface area contributed by atoms with Crippen molar-refractivity contribution >= 4 is 0 Å². The molecule has 2 rings (SSSR count). The van der Waals surface area contributed by atoms with E-state index in [0.717, 1.165) is 12.2 Å². The molecule has 1 heterocycles. The van der Waals surface area contributed by atoms with Crippen molar-refractivity contribution in [1.82, 2.24) is 0 Å². The van der Waals surface area contributed by atoms with E-state index in [2.05, 4.69) is 13.8 Å². The zero-order valence-corrected chi connectivity index (χ0v) is 7.95. The van der Waals surface area contributed by atoms with Gasteiger partial charge in [-0.15, -0.1) is 0 Å². The minimum atomic E-state index is 0.245. The Labute approximate surface area is 78.2 Å². The summed E-state index contributed by atoms with van der Waals surface area (Å²) in [5.74, 6) is 1.67. The highest BCUT2D eigenvalue weighted by molar-refractivity contribution is 5.41. The fourth-order valence-corrected chi connectivity index (χ4v) is 1.65. The van der Waals surface area contributed by atoms with Gasteiger partial charge in [0.15, 0.2) is 0 Å². The van der Waals surface area contributed by atoms with Crippen molar-refractivity contribution in [3.8, 4) is 11.5 Å². The Balaban J connectivity index is 2.37. The molecule has 1 aromatic carbocycles. The van der Waals surface area contributed by atoms with Gasteiger partial charge in [-0.3, -0.25) is 0 Å². The van der Waals surface area contributed by atoms with E-state index in [0.29, 0.717) is 5.92 Å². The van der Waals surface area contributed by atoms with E-state index in [1.165, 1.54) is 5.56 Å². The molecule has 1 aliphatic rings. The summed E-state index contributed by atoms with van der Waals surface area (Å²) in [5, 5.41) is 9.26. The van der Waals surface area contributed by atoms with Gasteiger partial charge in [0.1, 0.15) is 11.5 Å². The molecule has 0 saturated carbocycles. The maximum absolute atomic E-state index is 9.26. The van der Waals surface area contributed by atoms with Crippen LogP contribution in [0.25, 0.3) is 0 Å². The monoisotopic (exact) mass is 178 g/mol. The first kappa shape index (κ1) is 8.42. The zero-order valence-electron chi connectivity index (χ0n) is 7.95. The van der Waals surface area contributed by atoms with Gasteiger partial charge in [0.2, 0.25) is 0 Å². The number of phenols is 1. The second-order valence-electron chi connectivity index (χ2n) is 3.80. The average molecular weight is 178 g/mol. The molecule has 0 radical (unpaired) electrons. The Morgan fingerprint density at radius 3 is 2.92 bits per heavy atom. The lowest BCUT2D eigenvalue weighted by Gasteiger charge is -2.28. The molecule has 0 bridgehead atoms. The average Bonchev–Trinajstić information content (AvgIpc) is 2.08. The highest BCUT2D eigenvalue weighted by atomic mass is 16.5. The van der Waals surface area contributed by atoms with E-state index >= 15 is 0 Å². The lowest BCUT2D eigenvalue weighted by molar-refractivity contribution is 0.139. The van der Waals surface area contributed by atoms with Crippen LogP contribution < -0.4 is 4.74 Å². The van der Waals surface area contributed by atoms with Gasteiger partial charge in [-0.25, -0.2) is 0 Å². The lowest BCUT2D eigenvalue weighted by atomic mass is 9.93. The summed E-state index contributed by atoms with van der Waals surface area (Å²) in [6.45, 7) is 4.25. The maximum atomic E-state index is 9.26. The van der Waals surface area contributed by atoms with Crippen LogP contribution in [0.15, 0.2) is 18.2 Å². The second kappa shape index (κ2) is 2.95. The number of phenolic OH excluding ortho intramolecular Hbond substituents is 1. The molecule has 0 fully saturated rings. The third-order valence-electron chi connectivity index (χ3n) is 2.71. The van der Waals surface area contributed by atoms with Crippen LogP contribution in [0.4, 0.5) is 0 Å². The van der Waals surface area contributed by atoms with Gasteiger partial charge in [0, 0.05) is 6.07 Å². The highest BCUT2D eigenvalue weighted by Gasteiger charge is 2.22. The summed E-state index contributed by atoms with van der Waals surface area (Å²) in [6, 6.07) is 5.34. The Hall–Kier alpha value is -1.18. The molecule has 0 saturated heterocycles. The normalized spacial score (nSPS) is 26.3. The number of aromatic hydroxyl groups is 1. The second-order valence-corrected chi connectivity index (χ2v) is 3.80. The molecule has 70 valence electrons. The maximum Gasteiger partial charge on any atom is 0.126 e. The van der Waals surface area contributed by atoms with Crippen LogP contribution in [-0.2, 0) is 6.42 Å². The molecule has 2 unspecified atom stereocenters. The van der Waals surface area contributed by atoms with Gasteiger partial charge in [-0.05, 0) is 30.9 Å². The van der Waals surface area contributed by atoms with Crippen LogP contribution in [0.2, 0.25) is 0 Å². The molecule has 2 nitrogen and oxygen atoms in total. The van der Waals surface area contributed by atoms with E-state index in [1.54, 1.807) is 12.1 Å². The first-order valence-electron chi connectivity index (χ1n) is 4.65. The van der Waals surface area contributed by atoms with Gasteiger partial charge in [0.25, 0.3) is 0 Å². The molecule has 0 aromatic heterocycles. The number of benzene rings is 1. The number of ether oxygens (including phenoxy) is 1. The quantitative estimate of drug-likeness (QED) is 0.660. The van der Waals surface area contributed by atoms with Crippen molar-refractivity contribution in [1.29, 1.82) is 0 Å². The Morgan fingerprint density at radius 2 is 2.15 bits per heavy atom. The largest absolute Gasteiger partial charge is 0.508 e. The molecular weight excluding hydrogens is 164 g/mol. The van der Waals surface area contributed by atoms with E-state index in [4.69, 9.17) is 4.74 Å². The van der Waals surface area contributed by atoms with Crippen molar-refractivity contribution in [3.05, 3.63) is 23.8 Å². The van der Waals surface area contributed by atoms with Crippen molar-refractivity contribution in [3.63, 3.8) is 0 Å². The van der Waals surface area contributed by atoms with Crippen molar-refractivity contribution in [2.24, 2.45) is 5.92 Å². The fraction of sp³-hybridized carbons (Fsp3) is 0.455. The topological polar surface area (TPSA) is 29.5 Å². The molecule has 0 amide bonds. The first-order valence-corrected chi connectivity index (χ1v) is 4.65. The number of fused-ring (bicyclic) bond motifs is 1. The summed E-state index contributed by atoms with van der Waals surface area (Å²) in [6.07, 6.45) is 1.28.